The SMILES string of the molecule is COc1cc(Cl)ccc1-c1ccc(=O)n(CCNC(=O)C2(c3ccc(F)cc3)CC2)n1. The van der Waals surface area contributed by atoms with Crippen LogP contribution in [0.2, 0.25) is 5.02 Å². The summed E-state index contributed by atoms with van der Waals surface area (Å²) in [7, 11) is 1.54. The van der Waals surface area contributed by atoms with Crippen LogP contribution in [0.4, 0.5) is 4.39 Å². The van der Waals surface area contributed by atoms with Gasteiger partial charge in [0.15, 0.2) is 0 Å². The summed E-state index contributed by atoms with van der Waals surface area (Å²) >= 11 is 6.02. The van der Waals surface area contributed by atoms with Crippen molar-refractivity contribution in [2.45, 2.75) is 24.8 Å². The first-order valence-electron chi connectivity index (χ1n) is 9.89. The number of rotatable bonds is 7. The fraction of sp³-hybridized carbons (Fsp3) is 0.261. The van der Waals surface area contributed by atoms with E-state index in [4.69, 9.17) is 16.3 Å². The Morgan fingerprint density at radius 2 is 1.94 bits per heavy atom. The predicted molar refractivity (Wildman–Crippen MR) is 116 cm³/mol. The van der Waals surface area contributed by atoms with E-state index in [1.807, 2.05) is 0 Å². The number of benzene rings is 2. The summed E-state index contributed by atoms with van der Waals surface area (Å²) in [5.74, 6) is 0.0961. The number of ether oxygens (including phenoxy) is 1. The Morgan fingerprint density at radius 3 is 2.61 bits per heavy atom. The highest BCUT2D eigenvalue weighted by Crippen LogP contribution is 2.48. The normalized spacial score (nSPS) is 14.2. The van der Waals surface area contributed by atoms with E-state index >= 15 is 0 Å². The van der Waals surface area contributed by atoms with Gasteiger partial charge in [0.2, 0.25) is 5.91 Å². The molecule has 1 amide bonds. The third kappa shape index (κ3) is 4.32. The number of methoxy groups -OCH3 is 1. The Morgan fingerprint density at radius 1 is 1.19 bits per heavy atom. The topological polar surface area (TPSA) is 73.2 Å². The molecule has 0 radical (unpaired) electrons. The molecule has 2 aromatic carbocycles. The molecule has 1 N–H and O–H groups in total. The third-order valence-corrected chi connectivity index (χ3v) is 5.73. The first kappa shape index (κ1) is 21.1. The number of halogens is 2. The maximum absolute atomic E-state index is 13.2. The molecular weight excluding hydrogens is 421 g/mol. The highest BCUT2D eigenvalue weighted by Gasteiger charge is 2.51. The Bertz CT molecular complexity index is 1170. The Kier molecular flexibility index (Phi) is 5.78. The second kappa shape index (κ2) is 8.51. The zero-order chi connectivity index (χ0) is 22.0. The van der Waals surface area contributed by atoms with Gasteiger partial charge in [0, 0.05) is 23.2 Å². The van der Waals surface area contributed by atoms with Crippen LogP contribution in [0.1, 0.15) is 18.4 Å². The summed E-state index contributed by atoms with van der Waals surface area (Å²) < 4.78 is 19.9. The van der Waals surface area contributed by atoms with Crippen LogP contribution in [-0.4, -0.2) is 29.3 Å². The minimum atomic E-state index is -0.607. The fourth-order valence-electron chi connectivity index (χ4n) is 3.61. The van der Waals surface area contributed by atoms with Crippen LogP contribution < -0.4 is 15.6 Å². The van der Waals surface area contributed by atoms with E-state index in [-0.39, 0.29) is 30.4 Å². The van der Waals surface area contributed by atoms with Crippen LogP contribution in [0.25, 0.3) is 11.3 Å². The molecule has 1 aliphatic rings. The van der Waals surface area contributed by atoms with Crippen molar-refractivity contribution < 1.29 is 13.9 Å². The van der Waals surface area contributed by atoms with Gasteiger partial charge in [0.25, 0.3) is 5.56 Å². The number of hydrogen-bond donors (Lipinski definition) is 1. The van der Waals surface area contributed by atoms with Crippen molar-refractivity contribution in [3.05, 3.63) is 81.4 Å². The van der Waals surface area contributed by atoms with E-state index in [0.29, 0.717) is 34.9 Å². The lowest BCUT2D eigenvalue weighted by Crippen LogP contribution is -2.38. The lowest BCUT2D eigenvalue weighted by molar-refractivity contribution is -0.123. The van der Waals surface area contributed by atoms with E-state index < -0.39 is 5.41 Å². The van der Waals surface area contributed by atoms with Crippen molar-refractivity contribution in [3.8, 4) is 17.0 Å². The van der Waals surface area contributed by atoms with Gasteiger partial charge in [-0.1, -0.05) is 23.7 Å². The lowest BCUT2D eigenvalue weighted by atomic mass is 9.95. The maximum Gasteiger partial charge on any atom is 0.266 e. The molecule has 0 spiro atoms. The molecule has 1 aromatic heterocycles. The quantitative estimate of drug-likeness (QED) is 0.608. The van der Waals surface area contributed by atoms with Crippen molar-refractivity contribution in [2.24, 2.45) is 0 Å². The van der Waals surface area contributed by atoms with Gasteiger partial charge in [-0.3, -0.25) is 9.59 Å². The number of carbonyl (C=O) groups excluding carboxylic acids is 1. The van der Waals surface area contributed by atoms with Gasteiger partial charge < -0.3 is 10.1 Å². The van der Waals surface area contributed by atoms with Gasteiger partial charge in [0.05, 0.1) is 24.8 Å². The van der Waals surface area contributed by atoms with E-state index in [0.717, 1.165) is 5.56 Å². The molecule has 6 nitrogen and oxygen atoms in total. The van der Waals surface area contributed by atoms with Crippen LogP contribution in [0.15, 0.2) is 59.4 Å². The number of amides is 1. The lowest BCUT2D eigenvalue weighted by Gasteiger charge is -2.16. The first-order valence-corrected chi connectivity index (χ1v) is 10.3. The van der Waals surface area contributed by atoms with Crippen molar-refractivity contribution in [1.82, 2.24) is 15.1 Å². The number of aromatic nitrogens is 2. The summed E-state index contributed by atoms with van der Waals surface area (Å²) in [6, 6.07) is 14.3. The summed E-state index contributed by atoms with van der Waals surface area (Å²) in [6.45, 7) is 0.462. The molecule has 1 fully saturated rings. The molecule has 1 aliphatic carbocycles. The smallest absolute Gasteiger partial charge is 0.266 e. The molecule has 3 aromatic rings. The molecule has 8 heteroatoms. The summed E-state index contributed by atoms with van der Waals surface area (Å²) in [4.78, 5) is 25.0. The average Bonchev–Trinajstić information content (AvgIpc) is 3.57. The Hall–Kier alpha value is -3.19. The van der Waals surface area contributed by atoms with Gasteiger partial charge in [-0.2, -0.15) is 5.10 Å². The molecular formula is C23H21ClFN3O3. The monoisotopic (exact) mass is 441 g/mol. The largest absolute Gasteiger partial charge is 0.496 e. The molecule has 4 rings (SSSR count). The molecule has 0 unspecified atom stereocenters. The highest BCUT2D eigenvalue weighted by atomic mass is 35.5. The van der Waals surface area contributed by atoms with E-state index in [1.165, 1.54) is 30.0 Å². The van der Waals surface area contributed by atoms with Crippen molar-refractivity contribution in [1.29, 1.82) is 0 Å². The summed E-state index contributed by atoms with van der Waals surface area (Å²) in [5, 5.41) is 7.83. The fourth-order valence-corrected chi connectivity index (χ4v) is 3.78. The van der Waals surface area contributed by atoms with Gasteiger partial charge in [-0.15, -0.1) is 0 Å². The second-order valence-electron chi connectivity index (χ2n) is 7.47. The van der Waals surface area contributed by atoms with Gasteiger partial charge >= 0.3 is 0 Å². The minimum absolute atomic E-state index is 0.123. The highest BCUT2D eigenvalue weighted by molar-refractivity contribution is 6.30. The minimum Gasteiger partial charge on any atom is -0.496 e. The number of nitrogens with one attached hydrogen (secondary N) is 1. The first-order chi connectivity index (χ1) is 14.9. The van der Waals surface area contributed by atoms with Gasteiger partial charge in [-0.05, 0) is 54.8 Å². The second-order valence-corrected chi connectivity index (χ2v) is 7.91. The summed E-state index contributed by atoms with van der Waals surface area (Å²) in [6.07, 6.45) is 1.43. The van der Waals surface area contributed by atoms with Crippen LogP contribution in [0.3, 0.4) is 0 Å². The zero-order valence-electron chi connectivity index (χ0n) is 16.9. The van der Waals surface area contributed by atoms with Crippen molar-refractivity contribution >= 4 is 17.5 Å². The van der Waals surface area contributed by atoms with Gasteiger partial charge in [0.1, 0.15) is 11.6 Å². The molecule has 160 valence electrons. The average molecular weight is 442 g/mol. The Balaban J connectivity index is 1.46. The molecule has 1 heterocycles. The van der Waals surface area contributed by atoms with E-state index in [2.05, 4.69) is 10.4 Å². The standard InChI is InChI=1S/C23H21ClFN3O3/c1-31-20-14-16(24)4-7-18(20)19-8-9-21(29)28(27-19)13-12-26-22(30)23(10-11-23)15-2-5-17(25)6-3-15/h2-9,14H,10-13H2,1H3,(H,26,30). The molecule has 1 saturated carbocycles. The molecule has 0 atom stereocenters. The van der Waals surface area contributed by atoms with Gasteiger partial charge in [-0.25, -0.2) is 9.07 Å². The number of nitrogens with zero attached hydrogens (tertiary/aromatic N) is 2. The van der Waals surface area contributed by atoms with Crippen LogP contribution in [0.5, 0.6) is 5.75 Å². The molecule has 0 aliphatic heterocycles. The number of carbonyl (C=O) groups is 1. The van der Waals surface area contributed by atoms with E-state index in [1.54, 1.807) is 36.4 Å². The molecule has 0 saturated heterocycles. The third-order valence-electron chi connectivity index (χ3n) is 5.50. The number of hydrogen-bond acceptors (Lipinski definition) is 4. The summed E-state index contributed by atoms with van der Waals surface area (Å²) in [5.41, 5.74) is 1.19. The van der Waals surface area contributed by atoms with Crippen LogP contribution in [0, 0.1) is 5.82 Å². The predicted octanol–water partition coefficient (Wildman–Crippen LogP) is 3.56. The van der Waals surface area contributed by atoms with Crippen LogP contribution >= 0.6 is 11.6 Å². The molecule has 31 heavy (non-hydrogen) atoms. The molecule has 0 bridgehead atoms. The van der Waals surface area contributed by atoms with Crippen LogP contribution in [-0.2, 0) is 16.8 Å². The van der Waals surface area contributed by atoms with Crippen molar-refractivity contribution in [2.75, 3.05) is 13.7 Å². The zero-order valence-corrected chi connectivity index (χ0v) is 17.7. The van der Waals surface area contributed by atoms with Crippen molar-refractivity contribution in [3.63, 3.8) is 0 Å². The Labute approximate surface area is 183 Å². The maximum atomic E-state index is 13.2. The van der Waals surface area contributed by atoms with E-state index in [9.17, 15) is 14.0 Å².